The Balaban J connectivity index is 1.89. The van der Waals surface area contributed by atoms with E-state index in [-0.39, 0.29) is 5.41 Å². The van der Waals surface area contributed by atoms with Crippen LogP contribution in [-0.2, 0) is 11.8 Å². The summed E-state index contributed by atoms with van der Waals surface area (Å²) in [6.45, 7) is 7.41. The van der Waals surface area contributed by atoms with Crippen molar-refractivity contribution in [3.05, 3.63) is 83.4 Å². The van der Waals surface area contributed by atoms with Crippen molar-refractivity contribution in [1.29, 1.82) is 0 Å². The molecule has 0 bridgehead atoms. The average molecular weight is 317 g/mol. The predicted molar refractivity (Wildman–Crippen MR) is 105 cm³/mol. The van der Waals surface area contributed by atoms with E-state index in [1.165, 1.54) is 27.5 Å². The minimum atomic E-state index is 0.187. The van der Waals surface area contributed by atoms with Crippen LogP contribution in [0.25, 0.3) is 10.8 Å². The van der Waals surface area contributed by atoms with Crippen molar-refractivity contribution < 1.29 is 0 Å². The van der Waals surface area contributed by atoms with Crippen LogP contribution < -0.4 is 5.73 Å². The maximum atomic E-state index is 6.12. The fraction of sp³-hybridized carbons (Fsp3) is 0.304. The SMILES string of the molecule is CC(C)(C)c1ccc(C(CN)Cc2cccc3ccccc23)cc1. The molecule has 2 N–H and O–H groups in total. The van der Waals surface area contributed by atoms with Gasteiger partial charge in [-0.15, -0.1) is 0 Å². The van der Waals surface area contributed by atoms with Crippen molar-refractivity contribution in [3.63, 3.8) is 0 Å². The van der Waals surface area contributed by atoms with Gasteiger partial charge in [0.05, 0.1) is 0 Å². The second-order valence-corrected chi connectivity index (χ2v) is 7.65. The van der Waals surface area contributed by atoms with Crippen LogP contribution in [0.2, 0.25) is 0 Å². The molecule has 0 aliphatic carbocycles. The third-order valence-electron chi connectivity index (χ3n) is 4.88. The Morgan fingerprint density at radius 1 is 0.833 bits per heavy atom. The van der Waals surface area contributed by atoms with Crippen molar-refractivity contribution in [2.24, 2.45) is 5.73 Å². The van der Waals surface area contributed by atoms with Crippen LogP contribution in [0.3, 0.4) is 0 Å². The summed E-state index contributed by atoms with van der Waals surface area (Å²) in [7, 11) is 0. The van der Waals surface area contributed by atoms with Gasteiger partial charge in [0, 0.05) is 5.92 Å². The van der Waals surface area contributed by atoms with E-state index in [0.29, 0.717) is 12.5 Å². The topological polar surface area (TPSA) is 26.0 Å². The van der Waals surface area contributed by atoms with Gasteiger partial charge in [-0.3, -0.25) is 0 Å². The first-order valence-electron chi connectivity index (χ1n) is 8.76. The van der Waals surface area contributed by atoms with Gasteiger partial charge >= 0.3 is 0 Å². The minimum Gasteiger partial charge on any atom is -0.330 e. The second kappa shape index (κ2) is 6.78. The van der Waals surface area contributed by atoms with Crippen molar-refractivity contribution in [1.82, 2.24) is 0 Å². The molecule has 1 atom stereocenters. The van der Waals surface area contributed by atoms with Crippen LogP contribution >= 0.6 is 0 Å². The van der Waals surface area contributed by atoms with E-state index in [2.05, 4.69) is 87.5 Å². The fourth-order valence-corrected chi connectivity index (χ4v) is 3.33. The molecular weight excluding hydrogens is 290 g/mol. The van der Waals surface area contributed by atoms with Gasteiger partial charge in [0.15, 0.2) is 0 Å². The lowest BCUT2D eigenvalue weighted by Gasteiger charge is -2.21. The van der Waals surface area contributed by atoms with Crippen molar-refractivity contribution in [3.8, 4) is 0 Å². The number of rotatable bonds is 4. The number of hydrogen-bond donors (Lipinski definition) is 1. The third kappa shape index (κ3) is 3.52. The molecule has 0 amide bonds. The van der Waals surface area contributed by atoms with E-state index in [4.69, 9.17) is 5.73 Å². The monoisotopic (exact) mass is 317 g/mol. The Morgan fingerprint density at radius 3 is 2.17 bits per heavy atom. The molecule has 1 nitrogen and oxygen atoms in total. The van der Waals surface area contributed by atoms with Crippen molar-refractivity contribution in [2.45, 2.75) is 38.5 Å². The summed E-state index contributed by atoms with van der Waals surface area (Å²) in [5, 5.41) is 2.64. The first-order valence-corrected chi connectivity index (χ1v) is 8.76. The molecule has 0 heterocycles. The van der Waals surface area contributed by atoms with Gasteiger partial charge < -0.3 is 5.73 Å². The lowest BCUT2D eigenvalue weighted by molar-refractivity contribution is 0.589. The van der Waals surface area contributed by atoms with Gasteiger partial charge in [-0.25, -0.2) is 0 Å². The van der Waals surface area contributed by atoms with Gasteiger partial charge in [0.25, 0.3) is 0 Å². The second-order valence-electron chi connectivity index (χ2n) is 7.65. The molecule has 0 aliphatic rings. The van der Waals surface area contributed by atoms with E-state index >= 15 is 0 Å². The summed E-state index contributed by atoms with van der Waals surface area (Å²) in [6, 6.07) is 24.2. The molecule has 3 aromatic rings. The molecule has 0 saturated heterocycles. The Morgan fingerprint density at radius 2 is 1.50 bits per heavy atom. The molecule has 124 valence electrons. The zero-order valence-electron chi connectivity index (χ0n) is 14.9. The molecule has 1 heteroatoms. The van der Waals surface area contributed by atoms with E-state index < -0.39 is 0 Å². The molecule has 0 radical (unpaired) electrons. The van der Waals surface area contributed by atoms with E-state index in [1.807, 2.05) is 0 Å². The number of nitrogens with two attached hydrogens (primary N) is 1. The van der Waals surface area contributed by atoms with Gasteiger partial charge in [0.1, 0.15) is 0 Å². The van der Waals surface area contributed by atoms with E-state index in [9.17, 15) is 0 Å². The molecule has 24 heavy (non-hydrogen) atoms. The summed E-state index contributed by atoms with van der Waals surface area (Å²) in [5.74, 6) is 0.352. The number of hydrogen-bond acceptors (Lipinski definition) is 1. The maximum absolute atomic E-state index is 6.12. The lowest BCUT2D eigenvalue weighted by Crippen LogP contribution is -2.16. The maximum Gasteiger partial charge on any atom is 0.000179 e. The van der Waals surface area contributed by atoms with Crippen LogP contribution in [0.15, 0.2) is 66.7 Å². The zero-order chi connectivity index (χ0) is 17.2. The Kier molecular flexibility index (Phi) is 4.73. The van der Waals surface area contributed by atoms with Crippen molar-refractivity contribution in [2.75, 3.05) is 6.54 Å². The summed E-state index contributed by atoms with van der Waals surface area (Å²) in [4.78, 5) is 0. The van der Waals surface area contributed by atoms with Gasteiger partial charge in [-0.2, -0.15) is 0 Å². The standard InChI is InChI=1S/C23H27N/c1-23(2,3)21-13-11-17(12-14-21)20(16-24)15-19-9-6-8-18-7-4-5-10-22(18)19/h4-14,20H,15-16,24H2,1-3H3. The molecule has 3 rings (SSSR count). The van der Waals surface area contributed by atoms with Gasteiger partial charge in [-0.05, 0) is 45.8 Å². The largest absolute Gasteiger partial charge is 0.330 e. The van der Waals surface area contributed by atoms with Crippen LogP contribution in [0.4, 0.5) is 0 Å². The van der Waals surface area contributed by atoms with Crippen LogP contribution in [0, 0.1) is 0 Å². The first kappa shape index (κ1) is 16.7. The molecule has 0 aromatic heterocycles. The first-order chi connectivity index (χ1) is 11.5. The Bertz CT molecular complexity index is 804. The molecular formula is C23H27N. The summed E-state index contributed by atoms with van der Waals surface area (Å²) in [5.41, 5.74) is 10.4. The van der Waals surface area contributed by atoms with Crippen molar-refractivity contribution >= 4 is 10.8 Å². The van der Waals surface area contributed by atoms with E-state index in [1.54, 1.807) is 0 Å². The van der Waals surface area contributed by atoms with E-state index in [0.717, 1.165) is 6.42 Å². The number of benzene rings is 3. The summed E-state index contributed by atoms with van der Waals surface area (Å²) < 4.78 is 0. The Hall–Kier alpha value is -2.12. The molecule has 0 aliphatic heterocycles. The summed E-state index contributed by atoms with van der Waals surface area (Å²) >= 11 is 0. The normalized spacial score (nSPS) is 13.2. The average Bonchev–Trinajstić information content (AvgIpc) is 2.59. The quantitative estimate of drug-likeness (QED) is 0.683. The molecule has 0 spiro atoms. The minimum absolute atomic E-state index is 0.187. The third-order valence-corrected chi connectivity index (χ3v) is 4.88. The molecule has 0 fully saturated rings. The lowest BCUT2D eigenvalue weighted by atomic mass is 9.84. The highest BCUT2D eigenvalue weighted by Gasteiger charge is 2.16. The van der Waals surface area contributed by atoms with Gasteiger partial charge in [0.2, 0.25) is 0 Å². The molecule has 0 saturated carbocycles. The molecule has 3 aromatic carbocycles. The highest BCUT2D eigenvalue weighted by molar-refractivity contribution is 5.85. The predicted octanol–water partition coefficient (Wildman–Crippen LogP) is 5.42. The highest BCUT2D eigenvalue weighted by atomic mass is 14.5. The van der Waals surface area contributed by atoms with Crippen LogP contribution in [0.5, 0.6) is 0 Å². The fourth-order valence-electron chi connectivity index (χ4n) is 3.33. The van der Waals surface area contributed by atoms with Gasteiger partial charge in [-0.1, -0.05) is 87.5 Å². The van der Waals surface area contributed by atoms with Crippen LogP contribution in [0.1, 0.15) is 43.4 Å². The van der Waals surface area contributed by atoms with Crippen LogP contribution in [-0.4, -0.2) is 6.54 Å². The summed E-state index contributed by atoms with van der Waals surface area (Å²) in [6.07, 6.45) is 0.979. The smallest absolute Gasteiger partial charge is 0.000179 e. The zero-order valence-corrected chi connectivity index (χ0v) is 14.9. The molecule has 1 unspecified atom stereocenters. The number of fused-ring (bicyclic) bond motifs is 1. The Labute approximate surface area is 145 Å². The highest BCUT2D eigenvalue weighted by Crippen LogP contribution is 2.28.